The number of hydrogen-bond donors (Lipinski definition) is 0. The van der Waals surface area contributed by atoms with Gasteiger partial charge in [0.2, 0.25) is 0 Å². The zero-order chi connectivity index (χ0) is 20.4. The topological polar surface area (TPSA) is 0 Å². The molecule has 4 aromatic rings. The van der Waals surface area contributed by atoms with E-state index in [9.17, 15) is 0 Å². The lowest BCUT2D eigenvalue weighted by Gasteiger charge is -2.00. The fourth-order valence-corrected chi connectivity index (χ4v) is 5.07. The molecule has 0 bridgehead atoms. The van der Waals surface area contributed by atoms with Crippen molar-refractivity contribution in [3.8, 4) is 0 Å². The Morgan fingerprint density at radius 3 is 0.733 bits per heavy atom. The van der Waals surface area contributed by atoms with Crippen molar-refractivity contribution in [1.82, 2.24) is 0 Å². The summed E-state index contributed by atoms with van der Waals surface area (Å²) in [5.74, 6) is 2.50. The summed E-state index contributed by atoms with van der Waals surface area (Å²) >= 11 is 0. The minimum Gasteiger partial charge on any atom is -0.0622 e. The van der Waals surface area contributed by atoms with Gasteiger partial charge in [0.25, 0.3) is 0 Å². The maximum atomic E-state index is 2.17. The van der Waals surface area contributed by atoms with Crippen LogP contribution in [0.2, 0.25) is 0 Å². The van der Waals surface area contributed by atoms with E-state index in [2.05, 4.69) is 121 Å². The highest BCUT2D eigenvalue weighted by Gasteiger charge is 2.52. The molecule has 2 heteroatoms. The Kier molecular flexibility index (Phi) is 7.85. The smallest absolute Gasteiger partial charge is 0.0226 e. The van der Waals surface area contributed by atoms with Crippen LogP contribution in [0, 0.1) is 11.8 Å². The monoisotopic (exact) mass is 426 g/mol. The first-order valence-corrected chi connectivity index (χ1v) is 12.6. The van der Waals surface area contributed by atoms with E-state index in [0.29, 0.717) is 0 Å². The average Bonchev–Trinajstić information content (AvgIpc) is 3.71. The van der Waals surface area contributed by atoms with Crippen molar-refractivity contribution < 1.29 is 0 Å². The maximum absolute atomic E-state index is 2.17. The SMILES string of the molecule is C1C2CC12.c1ccc(Pc2ccccc2)cc1.c1ccc(Pc2ccccc2)cc1. The molecule has 0 aromatic heterocycles. The van der Waals surface area contributed by atoms with Gasteiger partial charge >= 0.3 is 0 Å². The average molecular weight is 426 g/mol. The molecule has 30 heavy (non-hydrogen) atoms. The van der Waals surface area contributed by atoms with Gasteiger partial charge < -0.3 is 0 Å². The molecular weight excluding hydrogens is 398 g/mol. The van der Waals surface area contributed by atoms with Gasteiger partial charge in [0.15, 0.2) is 0 Å². The Balaban J connectivity index is 0.000000121. The van der Waals surface area contributed by atoms with Gasteiger partial charge in [-0.25, -0.2) is 0 Å². The maximum Gasteiger partial charge on any atom is -0.0226 e. The normalized spacial score (nSPS) is 17.3. The van der Waals surface area contributed by atoms with Gasteiger partial charge in [0.05, 0.1) is 0 Å². The lowest BCUT2D eigenvalue weighted by Crippen LogP contribution is -2.01. The Morgan fingerprint density at radius 2 is 0.567 bits per heavy atom. The van der Waals surface area contributed by atoms with E-state index < -0.39 is 0 Å². The first-order valence-electron chi connectivity index (χ1n) is 10.6. The molecule has 0 radical (unpaired) electrons. The van der Waals surface area contributed by atoms with E-state index in [1.54, 1.807) is 12.8 Å². The predicted octanol–water partition coefficient (Wildman–Crippen LogP) is 5.66. The molecule has 0 amide bonds. The lowest BCUT2D eigenvalue weighted by atomic mass is 10.4. The van der Waals surface area contributed by atoms with E-state index in [1.807, 2.05) is 0 Å². The molecule has 6 rings (SSSR count). The largest absolute Gasteiger partial charge is 0.0622 e. The molecule has 0 aliphatic heterocycles. The quantitative estimate of drug-likeness (QED) is 0.370. The van der Waals surface area contributed by atoms with Crippen molar-refractivity contribution in [2.45, 2.75) is 12.8 Å². The van der Waals surface area contributed by atoms with Crippen LogP contribution in [-0.4, -0.2) is 0 Å². The van der Waals surface area contributed by atoms with Crippen LogP contribution in [0.25, 0.3) is 0 Å². The van der Waals surface area contributed by atoms with E-state index in [0.717, 1.165) is 17.2 Å². The van der Waals surface area contributed by atoms with Crippen molar-refractivity contribution in [1.29, 1.82) is 0 Å². The van der Waals surface area contributed by atoms with Gasteiger partial charge in [-0.2, -0.15) is 0 Å². The molecule has 4 aromatic carbocycles. The van der Waals surface area contributed by atoms with Gasteiger partial charge in [-0.3, -0.25) is 0 Å². The highest BCUT2D eigenvalue weighted by atomic mass is 31.1. The second-order valence-corrected chi connectivity index (χ2v) is 10.5. The predicted molar refractivity (Wildman–Crippen MR) is 137 cm³/mol. The molecule has 0 N–H and O–H groups in total. The lowest BCUT2D eigenvalue weighted by molar-refractivity contribution is 0.915. The number of fused-ring (bicyclic) bond motifs is 1. The summed E-state index contributed by atoms with van der Waals surface area (Å²) in [7, 11) is 1.55. The van der Waals surface area contributed by atoms with Crippen molar-refractivity contribution >= 4 is 38.4 Å². The molecule has 150 valence electrons. The van der Waals surface area contributed by atoms with Crippen LogP contribution in [0.15, 0.2) is 121 Å². The van der Waals surface area contributed by atoms with Gasteiger partial charge in [-0.05, 0) is 45.9 Å². The van der Waals surface area contributed by atoms with Crippen molar-refractivity contribution in [2.24, 2.45) is 11.8 Å². The fourth-order valence-electron chi connectivity index (χ4n) is 2.97. The van der Waals surface area contributed by atoms with Crippen LogP contribution in [0.5, 0.6) is 0 Å². The minimum atomic E-state index is 0.777. The van der Waals surface area contributed by atoms with Crippen LogP contribution in [-0.2, 0) is 0 Å². The zero-order valence-electron chi connectivity index (χ0n) is 17.1. The Bertz CT molecular complexity index is 822. The molecule has 0 unspecified atom stereocenters. The Hall–Kier alpha value is -2.26. The van der Waals surface area contributed by atoms with Crippen LogP contribution >= 0.6 is 17.2 Å². The minimum absolute atomic E-state index is 0.777. The van der Waals surface area contributed by atoms with Gasteiger partial charge in [-0.1, -0.05) is 138 Å². The summed E-state index contributed by atoms with van der Waals surface area (Å²) in [5.41, 5.74) is 0. The van der Waals surface area contributed by atoms with Gasteiger partial charge in [0, 0.05) is 0 Å². The van der Waals surface area contributed by atoms with Crippen LogP contribution in [0.3, 0.4) is 0 Å². The van der Waals surface area contributed by atoms with Crippen molar-refractivity contribution in [3.63, 3.8) is 0 Å². The van der Waals surface area contributed by atoms with E-state index in [-0.39, 0.29) is 0 Å². The fraction of sp³-hybridized carbons (Fsp3) is 0.143. The number of hydrogen-bond acceptors (Lipinski definition) is 0. The molecule has 2 aliphatic rings. The summed E-state index contributed by atoms with van der Waals surface area (Å²) in [6, 6.07) is 42.3. The number of benzene rings is 4. The summed E-state index contributed by atoms with van der Waals surface area (Å²) in [6.45, 7) is 0. The van der Waals surface area contributed by atoms with Crippen LogP contribution in [0.1, 0.15) is 12.8 Å². The molecule has 0 saturated heterocycles. The van der Waals surface area contributed by atoms with Gasteiger partial charge in [0.1, 0.15) is 0 Å². The first-order chi connectivity index (χ1) is 14.9. The molecule has 2 saturated carbocycles. The van der Waals surface area contributed by atoms with Crippen LogP contribution in [0.4, 0.5) is 0 Å². The zero-order valence-corrected chi connectivity index (χ0v) is 19.1. The number of rotatable bonds is 4. The molecule has 0 heterocycles. The third-order valence-corrected chi connectivity index (χ3v) is 7.63. The Morgan fingerprint density at radius 1 is 0.367 bits per heavy atom. The third kappa shape index (κ3) is 7.53. The highest BCUT2D eigenvalue weighted by Crippen LogP contribution is 2.62. The molecular formula is C28H28P2. The molecule has 0 spiro atoms. The van der Waals surface area contributed by atoms with Gasteiger partial charge in [-0.15, -0.1) is 0 Å². The highest BCUT2D eigenvalue weighted by molar-refractivity contribution is 7.55. The van der Waals surface area contributed by atoms with E-state index in [1.165, 1.54) is 33.1 Å². The molecule has 2 aliphatic carbocycles. The standard InChI is InChI=1S/2C12H11P.C4H6/c2*1-3-7-11(8-4-1)13-12-9-5-2-6-10-12;1-3-2-4(1)3/h2*1-10,13H;3-4H,1-2H2. The first kappa shape index (κ1) is 21.0. The molecule has 0 atom stereocenters. The summed E-state index contributed by atoms with van der Waals surface area (Å²) in [6.07, 6.45) is 3.17. The summed E-state index contributed by atoms with van der Waals surface area (Å²) in [5, 5.41) is 5.59. The third-order valence-electron chi connectivity index (χ3n) is 5.14. The second kappa shape index (κ2) is 11.2. The second-order valence-electron chi connectivity index (χ2n) is 7.71. The molecule has 2 fully saturated rings. The van der Waals surface area contributed by atoms with Crippen molar-refractivity contribution in [2.75, 3.05) is 0 Å². The van der Waals surface area contributed by atoms with E-state index in [4.69, 9.17) is 0 Å². The molecule has 0 nitrogen and oxygen atoms in total. The Labute approximate surface area is 184 Å². The summed E-state index contributed by atoms with van der Waals surface area (Å²) in [4.78, 5) is 0. The van der Waals surface area contributed by atoms with Crippen LogP contribution < -0.4 is 21.2 Å². The van der Waals surface area contributed by atoms with Crippen molar-refractivity contribution in [3.05, 3.63) is 121 Å². The summed E-state index contributed by atoms with van der Waals surface area (Å²) < 4.78 is 0. The van der Waals surface area contributed by atoms with E-state index >= 15 is 0 Å².